The van der Waals surface area contributed by atoms with Crippen LogP contribution in [-0.4, -0.2) is 48.6 Å². The number of carbonyl (C=O) groups is 1. The molecule has 4 heterocycles. The van der Waals surface area contributed by atoms with Gasteiger partial charge in [0.25, 0.3) is 0 Å². The molecule has 1 aliphatic heterocycles. The van der Waals surface area contributed by atoms with Crippen molar-refractivity contribution in [3.8, 4) is 22.9 Å². The standard InChI is InChI=1S/C33H39N7O2/c1-3-23(2)10-6-4-9-13-28(41)39-17-16-33(21-39)18-24(19-33)40-32-29(31(34)36-22-37-32)30(38-40)27-15-14-26(20-35-27)42-25-11-7-5-8-12-25/h5,7-9,11-15,20,22-24H,3-4,6,10,16-19,21H2,1-2H3,(H2,34,36,37)/b13-9+. The fourth-order valence-electron chi connectivity index (χ4n) is 6.28. The molecule has 1 aliphatic carbocycles. The molecule has 218 valence electrons. The molecule has 1 saturated carbocycles. The van der Waals surface area contributed by atoms with E-state index in [-0.39, 0.29) is 17.4 Å². The molecule has 4 aromatic rings. The normalized spacial score (nSPS) is 20.8. The lowest BCUT2D eigenvalue weighted by atomic mass is 9.65. The second kappa shape index (κ2) is 11.9. The van der Waals surface area contributed by atoms with Crippen molar-refractivity contribution in [3.63, 3.8) is 0 Å². The van der Waals surface area contributed by atoms with Crippen LogP contribution in [0.25, 0.3) is 22.4 Å². The molecule has 1 unspecified atom stereocenters. The summed E-state index contributed by atoms with van der Waals surface area (Å²) in [5.41, 5.74) is 8.54. The lowest BCUT2D eigenvalue weighted by Gasteiger charge is -2.45. The highest BCUT2D eigenvalue weighted by molar-refractivity contribution is 5.97. The highest BCUT2D eigenvalue weighted by Crippen LogP contribution is 2.54. The summed E-state index contributed by atoms with van der Waals surface area (Å²) in [5.74, 6) is 2.66. The summed E-state index contributed by atoms with van der Waals surface area (Å²) in [6, 6.07) is 13.6. The van der Waals surface area contributed by atoms with Crippen LogP contribution < -0.4 is 10.5 Å². The van der Waals surface area contributed by atoms with E-state index >= 15 is 0 Å². The Balaban J connectivity index is 1.12. The Morgan fingerprint density at radius 2 is 1.98 bits per heavy atom. The molecule has 1 aromatic carbocycles. The Labute approximate surface area is 246 Å². The molecule has 42 heavy (non-hydrogen) atoms. The van der Waals surface area contributed by atoms with Gasteiger partial charge in [0.1, 0.15) is 29.3 Å². The van der Waals surface area contributed by atoms with Crippen LogP contribution in [0.15, 0.2) is 67.1 Å². The number of nitrogen functional groups attached to an aromatic ring is 1. The number of rotatable bonds is 10. The van der Waals surface area contributed by atoms with Gasteiger partial charge in [0.15, 0.2) is 5.65 Å². The number of amides is 1. The second-order valence-electron chi connectivity index (χ2n) is 12.0. The van der Waals surface area contributed by atoms with Gasteiger partial charge >= 0.3 is 0 Å². The van der Waals surface area contributed by atoms with Crippen molar-refractivity contribution in [1.29, 1.82) is 0 Å². The van der Waals surface area contributed by atoms with Crippen LogP contribution in [-0.2, 0) is 4.79 Å². The molecular weight excluding hydrogens is 526 g/mol. The van der Waals surface area contributed by atoms with Crippen molar-refractivity contribution in [1.82, 2.24) is 29.6 Å². The summed E-state index contributed by atoms with van der Waals surface area (Å²) in [4.78, 5) is 28.3. The summed E-state index contributed by atoms with van der Waals surface area (Å²) in [5, 5.41) is 5.69. The molecule has 1 atom stereocenters. The fraction of sp³-hybridized carbons (Fsp3) is 0.424. The van der Waals surface area contributed by atoms with E-state index in [1.54, 1.807) is 12.3 Å². The summed E-state index contributed by atoms with van der Waals surface area (Å²) in [6.45, 7) is 6.13. The van der Waals surface area contributed by atoms with Gasteiger partial charge in [-0.3, -0.25) is 9.78 Å². The lowest BCUT2D eigenvalue weighted by molar-refractivity contribution is -0.125. The van der Waals surface area contributed by atoms with Gasteiger partial charge in [0.2, 0.25) is 5.91 Å². The number of allylic oxidation sites excluding steroid dienone is 1. The van der Waals surface area contributed by atoms with Crippen LogP contribution in [0.4, 0.5) is 5.82 Å². The first-order valence-electron chi connectivity index (χ1n) is 15.1. The van der Waals surface area contributed by atoms with E-state index in [1.807, 2.05) is 52.0 Å². The molecule has 2 N–H and O–H groups in total. The average molecular weight is 566 g/mol. The molecule has 0 bridgehead atoms. The maximum Gasteiger partial charge on any atom is 0.246 e. The molecular formula is C33H39N7O2. The smallest absolute Gasteiger partial charge is 0.246 e. The Bertz CT molecular complexity index is 1560. The number of hydrogen-bond acceptors (Lipinski definition) is 7. The molecule has 2 aliphatic rings. The number of fused-ring (bicyclic) bond motifs is 1. The number of ether oxygens (including phenoxy) is 1. The number of benzene rings is 1. The Hall–Kier alpha value is -4.27. The molecule has 1 spiro atoms. The fourth-order valence-corrected chi connectivity index (χ4v) is 6.28. The maximum atomic E-state index is 12.9. The summed E-state index contributed by atoms with van der Waals surface area (Å²) in [6.07, 6.45) is 14.5. The number of pyridine rings is 1. The van der Waals surface area contributed by atoms with Crippen LogP contribution in [0.1, 0.15) is 64.8 Å². The van der Waals surface area contributed by atoms with Crippen molar-refractivity contribution in [2.75, 3.05) is 18.8 Å². The van der Waals surface area contributed by atoms with E-state index in [0.717, 1.165) is 62.5 Å². The molecule has 9 heteroatoms. The van der Waals surface area contributed by atoms with Crippen LogP contribution in [0.2, 0.25) is 0 Å². The molecule has 6 rings (SSSR count). The van der Waals surface area contributed by atoms with Crippen LogP contribution in [0, 0.1) is 11.3 Å². The van der Waals surface area contributed by atoms with Crippen molar-refractivity contribution in [3.05, 3.63) is 67.1 Å². The Morgan fingerprint density at radius 1 is 1.14 bits per heavy atom. The summed E-state index contributed by atoms with van der Waals surface area (Å²) in [7, 11) is 0. The first-order valence-corrected chi connectivity index (χ1v) is 15.1. The molecule has 1 amide bonds. The highest BCUT2D eigenvalue weighted by atomic mass is 16.5. The minimum Gasteiger partial charge on any atom is -0.456 e. The maximum absolute atomic E-state index is 12.9. The topological polar surface area (TPSA) is 112 Å². The van der Waals surface area contributed by atoms with Gasteiger partial charge in [-0.15, -0.1) is 0 Å². The van der Waals surface area contributed by atoms with Crippen molar-refractivity contribution >= 4 is 22.8 Å². The average Bonchev–Trinajstić information content (AvgIpc) is 3.61. The van der Waals surface area contributed by atoms with E-state index in [1.165, 1.54) is 19.2 Å². The SMILES string of the molecule is CCC(C)CCC/C=C/C(=O)N1CCC2(CC(n3nc(-c4ccc(Oc5ccccc5)cn4)c4c(N)ncnc43)C2)C1. The van der Waals surface area contributed by atoms with E-state index < -0.39 is 0 Å². The van der Waals surface area contributed by atoms with E-state index in [9.17, 15) is 4.79 Å². The van der Waals surface area contributed by atoms with E-state index in [0.29, 0.717) is 28.3 Å². The highest BCUT2D eigenvalue weighted by Gasteiger charge is 2.50. The number of nitrogens with two attached hydrogens (primary N) is 1. The summed E-state index contributed by atoms with van der Waals surface area (Å²) < 4.78 is 7.90. The van der Waals surface area contributed by atoms with Gasteiger partial charge in [-0.2, -0.15) is 5.10 Å². The number of para-hydroxylation sites is 1. The number of anilines is 1. The third-order valence-electron chi connectivity index (χ3n) is 8.93. The number of likely N-dealkylation sites (tertiary alicyclic amines) is 1. The third kappa shape index (κ3) is 5.73. The predicted octanol–water partition coefficient (Wildman–Crippen LogP) is 6.59. The van der Waals surface area contributed by atoms with Crippen LogP contribution in [0.3, 0.4) is 0 Å². The van der Waals surface area contributed by atoms with Crippen LogP contribution in [0.5, 0.6) is 11.5 Å². The number of unbranched alkanes of at least 4 members (excludes halogenated alkanes) is 1. The zero-order chi connectivity index (χ0) is 29.1. The lowest BCUT2D eigenvalue weighted by Crippen LogP contribution is -2.42. The van der Waals surface area contributed by atoms with E-state index in [2.05, 4.69) is 34.9 Å². The Morgan fingerprint density at radius 3 is 2.74 bits per heavy atom. The van der Waals surface area contributed by atoms with Gasteiger partial charge in [0.05, 0.1) is 23.3 Å². The van der Waals surface area contributed by atoms with Gasteiger partial charge in [0, 0.05) is 13.1 Å². The molecule has 2 fully saturated rings. The number of nitrogens with zero attached hydrogens (tertiary/aromatic N) is 6. The predicted molar refractivity (Wildman–Crippen MR) is 164 cm³/mol. The minimum atomic E-state index is 0.135. The molecule has 1 saturated heterocycles. The molecule has 9 nitrogen and oxygen atoms in total. The largest absolute Gasteiger partial charge is 0.456 e. The zero-order valence-corrected chi connectivity index (χ0v) is 24.4. The zero-order valence-electron chi connectivity index (χ0n) is 24.4. The first-order chi connectivity index (χ1) is 20.4. The van der Waals surface area contributed by atoms with Crippen molar-refractivity contribution in [2.45, 2.75) is 64.8 Å². The number of aromatic nitrogens is 5. The third-order valence-corrected chi connectivity index (χ3v) is 8.93. The molecule has 0 radical (unpaired) electrons. The van der Waals surface area contributed by atoms with Gasteiger partial charge in [-0.05, 0) is 73.8 Å². The van der Waals surface area contributed by atoms with Gasteiger partial charge in [-0.1, -0.05) is 51.0 Å². The van der Waals surface area contributed by atoms with Gasteiger partial charge in [-0.25, -0.2) is 14.6 Å². The van der Waals surface area contributed by atoms with Crippen molar-refractivity contribution in [2.24, 2.45) is 11.3 Å². The Kier molecular flexibility index (Phi) is 7.91. The summed E-state index contributed by atoms with van der Waals surface area (Å²) >= 11 is 0. The monoisotopic (exact) mass is 565 g/mol. The quantitative estimate of drug-likeness (QED) is 0.171. The van der Waals surface area contributed by atoms with Crippen molar-refractivity contribution < 1.29 is 9.53 Å². The first kappa shape index (κ1) is 27.9. The minimum absolute atomic E-state index is 0.135. The second-order valence-corrected chi connectivity index (χ2v) is 12.0. The molecule has 3 aromatic heterocycles. The van der Waals surface area contributed by atoms with Gasteiger partial charge < -0.3 is 15.4 Å². The number of hydrogen-bond donors (Lipinski definition) is 1. The number of carbonyl (C=O) groups excluding carboxylic acids is 1. The van der Waals surface area contributed by atoms with E-state index in [4.69, 9.17) is 15.6 Å². The van der Waals surface area contributed by atoms with Crippen LogP contribution >= 0.6 is 0 Å².